The molecule has 5 nitrogen and oxygen atoms in total. The summed E-state index contributed by atoms with van der Waals surface area (Å²) >= 11 is 0. The number of nitrogens with two attached hydrogens (primary N) is 1. The quantitative estimate of drug-likeness (QED) is 0.582. The Morgan fingerprint density at radius 3 is 2.64 bits per heavy atom. The molecule has 0 aliphatic carbocycles. The first-order chi connectivity index (χ1) is 6.47. The van der Waals surface area contributed by atoms with E-state index in [0.29, 0.717) is 6.42 Å². The van der Waals surface area contributed by atoms with Gasteiger partial charge in [-0.05, 0) is 0 Å². The van der Waals surface area contributed by atoms with E-state index in [1.165, 1.54) is 0 Å². The van der Waals surface area contributed by atoms with E-state index < -0.39 is 18.1 Å². The van der Waals surface area contributed by atoms with Crippen LogP contribution in [0.1, 0.15) is 19.8 Å². The molecule has 0 saturated carbocycles. The van der Waals surface area contributed by atoms with E-state index in [9.17, 15) is 14.5 Å². The number of aliphatic hydroxyl groups excluding tert-OH is 1. The van der Waals surface area contributed by atoms with Gasteiger partial charge >= 0.3 is 82.6 Å². The summed E-state index contributed by atoms with van der Waals surface area (Å²) in [4.78, 5) is 10.2. The van der Waals surface area contributed by atoms with E-state index in [0.717, 1.165) is 0 Å². The molecule has 0 aromatic carbocycles. The first-order valence-corrected chi connectivity index (χ1v) is 5.02. The molecule has 1 unspecified atom stereocenters. The summed E-state index contributed by atoms with van der Waals surface area (Å²) in [5, 5.41) is 17.7. The van der Waals surface area contributed by atoms with Crippen LogP contribution in [0.4, 0.5) is 0 Å². The van der Waals surface area contributed by atoms with E-state index in [1.807, 2.05) is 0 Å². The Hall–Kier alpha value is -0.600. The van der Waals surface area contributed by atoms with Crippen molar-refractivity contribution in [2.45, 2.75) is 31.9 Å². The molecule has 14 heavy (non-hydrogen) atoms. The van der Waals surface area contributed by atoms with Gasteiger partial charge in [0.1, 0.15) is 0 Å². The normalized spacial score (nSPS) is 16.5. The first kappa shape index (κ1) is 13.4. The molecule has 0 heterocycles. The molecule has 80 valence electrons. The molecule has 0 amide bonds. The number of rotatable bonds is 5. The summed E-state index contributed by atoms with van der Waals surface area (Å²) in [5.74, 6) is -1.22. The molecule has 4 N–H and O–H groups in total. The zero-order valence-corrected chi connectivity index (χ0v) is 8.78. The molecule has 0 radical (unpaired) electrons. The number of carboxylic acids is 1. The molecule has 0 saturated heterocycles. The summed E-state index contributed by atoms with van der Waals surface area (Å²) in [6, 6.07) is -0.629. The van der Waals surface area contributed by atoms with Crippen LogP contribution in [0.25, 0.3) is 0 Å². The molecular weight excluding hydrogens is 205 g/mol. The zero-order chi connectivity index (χ0) is 11.1. The van der Waals surface area contributed by atoms with Crippen LogP contribution in [0.3, 0.4) is 0 Å². The topological polar surface area (TPSA) is 101 Å². The van der Waals surface area contributed by atoms with Crippen LogP contribution >= 0.6 is 7.92 Å². The monoisotopic (exact) mass is 219 g/mol. The van der Waals surface area contributed by atoms with E-state index in [4.69, 9.17) is 10.8 Å². The number of hydrogen-bond donors (Lipinski definition) is 3. The fourth-order valence-corrected chi connectivity index (χ4v) is 1.32. The van der Waals surface area contributed by atoms with Crippen molar-refractivity contribution in [2.24, 2.45) is 11.7 Å². The van der Waals surface area contributed by atoms with Crippen molar-refractivity contribution < 1.29 is 19.6 Å². The number of carboxylic acid groups (broad SMARTS) is 1. The summed E-state index contributed by atoms with van der Waals surface area (Å²) in [7, 11) is -0.201. The number of hydrogen-bond acceptors (Lipinski definition) is 4. The predicted molar refractivity (Wildman–Crippen MR) is 51.5 cm³/mol. The van der Waals surface area contributed by atoms with Crippen LogP contribution in [0.5, 0.6) is 0 Å². The standard InChI is InChI=1S/C8H14NO4P/c1-5(4-14-13)2-6(9)7(10)3-8(11)12/h5-7,10H,2-3,9H2,1H3,(H,11,12)/t5?,6-,7-/m0/s1. The molecule has 0 spiro atoms. The van der Waals surface area contributed by atoms with Crippen LogP contribution in [-0.2, 0) is 9.36 Å². The van der Waals surface area contributed by atoms with Crippen molar-refractivity contribution in [1.29, 1.82) is 0 Å². The molecule has 0 aliphatic rings. The molecule has 0 aromatic heterocycles. The van der Waals surface area contributed by atoms with Gasteiger partial charge in [0, 0.05) is 0 Å². The van der Waals surface area contributed by atoms with Crippen LogP contribution in [-0.4, -0.2) is 28.3 Å². The van der Waals surface area contributed by atoms with E-state index in [2.05, 4.69) is 5.63 Å². The summed E-state index contributed by atoms with van der Waals surface area (Å²) in [6.45, 7) is 1.75. The van der Waals surface area contributed by atoms with Gasteiger partial charge in [-0.15, -0.1) is 0 Å². The van der Waals surface area contributed by atoms with Gasteiger partial charge in [-0.2, -0.15) is 0 Å². The van der Waals surface area contributed by atoms with Crippen molar-refractivity contribution in [3.05, 3.63) is 0 Å². The van der Waals surface area contributed by atoms with E-state index in [-0.39, 0.29) is 20.3 Å². The average molecular weight is 219 g/mol. The Kier molecular flexibility index (Phi) is 6.50. The van der Waals surface area contributed by atoms with Crippen molar-refractivity contribution in [3.8, 4) is 5.63 Å². The Morgan fingerprint density at radius 2 is 2.21 bits per heavy atom. The number of aliphatic hydroxyl groups is 1. The number of carbonyl (C=O) groups is 1. The van der Waals surface area contributed by atoms with Crippen molar-refractivity contribution >= 4 is 13.9 Å². The van der Waals surface area contributed by atoms with Crippen LogP contribution < -0.4 is 5.73 Å². The van der Waals surface area contributed by atoms with E-state index >= 15 is 0 Å². The summed E-state index contributed by atoms with van der Waals surface area (Å²) in [6.07, 6.45) is -1.08. The van der Waals surface area contributed by atoms with Gasteiger partial charge in [-0.3, -0.25) is 0 Å². The number of aliphatic carboxylic acids is 1. The first-order valence-electron chi connectivity index (χ1n) is 4.20. The van der Waals surface area contributed by atoms with Gasteiger partial charge in [0.15, 0.2) is 0 Å². The summed E-state index contributed by atoms with van der Waals surface area (Å²) < 4.78 is 10.1. The van der Waals surface area contributed by atoms with Gasteiger partial charge in [0.05, 0.1) is 0 Å². The second-order valence-electron chi connectivity index (χ2n) is 3.19. The van der Waals surface area contributed by atoms with Crippen LogP contribution in [0.2, 0.25) is 0 Å². The van der Waals surface area contributed by atoms with Gasteiger partial charge in [-0.25, -0.2) is 0 Å². The average Bonchev–Trinajstić information content (AvgIpc) is 2.02. The second kappa shape index (κ2) is 6.80. The Labute approximate surface area is 83.4 Å². The molecule has 0 rings (SSSR count). The Balaban J connectivity index is 4.04. The molecule has 0 fully saturated rings. The Bertz CT molecular complexity index is 287. The van der Waals surface area contributed by atoms with Gasteiger partial charge < -0.3 is 0 Å². The zero-order valence-electron chi connectivity index (χ0n) is 7.88. The SMILES string of the molecule is CC(C#P=O)C[C@H](N)[C@@H](O)CC(=O)O. The molecule has 0 aromatic rings. The Morgan fingerprint density at radius 1 is 1.64 bits per heavy atom. The van der Waals surface area contributed by atoms with Gasteiger partial charge in [-0.1, -0.05) is 0 Å². The molecule has 6 heteroatoms. The van der Waals surface area contributed by atoms with Crippen LogP contribution in [0.15, 0.2) is 0 Å². The van der Waals surface area contributed by atoms with Crippen LogP contribution in [0, 0.1) is 11.5 Å². The maximum absolute atomic E-state index is 10.2. The fourth-order valence-electron chi connectivity index (χ4n) is 1.04. The minimum atomic E-state index is -1.09. The molecular formula is C8H14NO4P. The summed E-state index contributed by atoms with van der Waals surface area (Å²) in [5.41, 5.74) is 8.10. The van der Waals surface area contributed by atoms with Gasteiger partial charge in [0.2, 0.25) is 0 Å². The minimum absolute atomic E-state index is 0.132. The maximum atomic E-state index is 10.2. The van der Waals surface area contributed by atoms with Crippen molar-refractivity contribution in [2.75, 3.05) is 0 Å². The molecule has 0 aliphatic heterocycles. The van der Waals surface area contributed by atoms with E-state index in [1.54, 1.807) is 6.92 Å². The third kappa shape index (κ3) is 5.95. The third-order valence-electron chi connectivity index (χ3n) is 1.78. The third-order valence-corrected chi connectivity index (χ3v) is 2.32. The van der Waals surface area contributed by atoms with Crippen molar-refractivity contribution in [3.63, 3.8) is 0 Å². The second-order valence-corrected chi connectivity index (χ2v) is 3.63. The molecule has 0 bridgehead atoms. The molecule has 3 atom stereocenters. The predicted octanol–water partition coefficient (Wildman–Crippen LogP) is 0.426. The van der Waals surface area contributed by atoms with Crippen molar-refractivity contribution in [1.82, 2.24) is 0 Å². The van der Waals surface area contributed by atoms with Gasteiger partial charge in [0.25, 0.3) is 0 Å². The fraction of sp³-hybridized carbons (Fsp3) is 0.750.